The number of nitrogen functional groups attached to an aromatic ring is 1. The van der Waals surface area contributed by atoms with Crippen molar-refractivity contribution < 1.29 is 9.47 Å². The monoisotopic (exact) mass is 291 g/mol. The quantitative estimate of drug-likeness (QED) is 0.633. The number of benzene rings is 1. The summed E-state index contributed by atoms with van der Waals surface area (Å²) in [4.78, 5) is 4.33. The van der Waals surface area contributed by atoms with E-state index >= 15 is 0 Å². The molecule has 3 N–H and O–H groups in total. The fourth-order valence-corrected chi connectivity index (χ4v) is 2.48. The molecule has 0 atom stereocenters. The number of aromatic nitrogens is 1. The van der Waals surface area contributed by atoms with Crippen molar-refractivity contribution in [2.24, 2.45) is 5.73 Å². The molecule has 6 heteroatoms. The van der Waals surface area contributed by atoms with E-state index in [1.54, 1.807) is 12.5 Å². The van der Waals surface area contributed by atoms with Crippen LogP contribution in [0.1, 0.15) is 19.0 Å². The molecule has 0 aliphatic rings. The summed E-state index contributed by atoms with van der Waals surface area (Å²) < 4.78 is 11.0. The largest absolute Gasteiger partial charge is 0.493 e. The molecule has 0 bridgehead atoms. The number of amidine groups is 1. The molecule has 106 valence electrons. The zero-order valence-electron chi connectivity index (χ0n) is 11.5. The van der Waals surface area contributed by atoms with Crippen molar-refractivity contribution in [2.45, 2.75) is 13.3 Å². The van der Waals surface area contributed by atoms with Gasteiger partial charge in [-0.3, -0.25) is 5.41 Å². The van der Waals surface area contributed by atoms with Gasteiger partial charge in [0.15, 0.2) is 11.5 Å². The Morgan fingerprint density at radius 1 is 1.40 bits per heavy atom. The third kappa shape index (κ3) is 3.08. The van der Waals surface area contributed by atoms with Gasteiger partial charge in [-0.1, -0.05) is 6.92 Å². The van der Waals surface area contributed by atoms with E-state index in [0.717, 1.165) is 17.0 Å². The maximum absolute atomic E-state index is 7.39. The number of ether oxygens (including phenoxy) is 2. The first-order valence-corrected chi connectivity index (χ1v) is 7.14. The highest BCUT2D eigenvalue weighted by Gasteiger charge is 2.11. The van der Waals surface area contributed by atoms with Crippen LogP contribution in [0.2, 0.25) is 0 Å². The topological polar surface area (TPSA) is 81.2 Å². The third-order valence-electron chi connectivity index (χ3n) is 2.65. The van der Waals surface area contributed by atoms with Gasteiger partial charge in [0.2, 0.25) is 0 Å². The Kier molecular flexibility index (Phi) is 4.57. The van der Waals surface area contributed by atoms with Gasteiger partial charge in [-0.15, -0.1) is 11.3 Å². The molecule has 1 aromatic heterocycles. The zero-order valence-corrected chi connectivity index (χ0v) is 12.3. The molecular weight excluding hydrogens is 274 g/mol. The SMILES string of the molecule is CCCOc1cc(-c2nc(C(=N)N)cs2)ccc1OC. The number of hydrogen-bond acceptors (Lipinski definition) is 5. The van der Waals surface area contributed by atoms with E-state index in [2.05, 4.69) is 11.9 Å². The molecule has 0 saturated heterocycles. The van der Waals surface area contributed by atoms with E-state index in [4.69, 9.17) is 20.6 Å². The molecule has 0 unspecified atom stereocenters. The van der Waals surface area contributed by atoms with Crippen LogP contribution in [0.3, 0.4) is 0 Å². The Hall–Kier alpha value is -2.08. The lowest BCUT2D eigenvalue weighted by Crippen LogP contribution is -2.11. The Bertz CT molecular complexity index is 610. The molecule has 1 heterocycles. The first kappa shape index (κ1) is 14.3. The second-order valence-corrected chi connectivity index (χ2v) is 5.02. The lowest BCUT2D eigenvalue weighted by atomic mass is 10.2. The molecule has 2 rings (SSSR count). The number of thiazole rings is 1. The van der Waals surface area contributed by atoms with Crippen LogP contribution < -0.4 is 15.2 Å². The molecule has 0 saturated carbocycles. The summed E-state index contributed by atoms with van der Waals surface area (Å²) in [6.45, 7) is 2.69. The fourth-order valence-electron chi connectivity index (χ4n) is 1.66. The molecule has 2 aromatic rings. The lowest BCUT2D eigenvalue weighted by Gasteiger charge is -2.10. The Balaban J connectivity index is 2.33. The predicted molar refractivity (Wildman–Crippen MR) is 80.9 cm³/mol. The number of nitrogens with two attached hydrogens (primary N) is 1. The molecule has 0 fully saturated rings. The zero-order chi connectivity index (χ0) is 14.5. The van der Waals surface area contributed by atoms with Gasteiger partial charge in [-0.2, -0.15) is 0 Å². The molecule has 5 nitrogen and oxygen atoms in total. The number of rotatable bonds is 6. The minimum absolute atomic E-state index is 0.0246. The second-order valence-electron chi connectivity index (χ2n) is 4.17. The van der Waals surface area contributed by atoms with Gasteiger partial charge in [0.1, 0.15) is 16.5 Å². The van der Waals surface area contributed by atoms with E-state index in [1.807, 2.05) is 18.2 Å². The van der Waals surface area contributed by atoms with E-state index in [-0.39, 0.29) is 5.84 Å². The lowest BCUT2D eigenvalue weighted by molar-refractivity contribution is 0.294. The predicted octanol–water partition coefficient (Wildman–Crippen LogP) is 2.89. The first-order valence-electron chi connectivity index (χ1n) is 6.26. The van der Waals surface area contributed by atoms with Gasteiger partial charge >= 0.3 is 0 Å². The molecule has 0 aliphatic carbocycles. The number of methoxy groups -OCH3 is 1. The highest BCUT2D eigenvalue weighted by atomic mass is 32.1. The van der Waals surface area contributed by atoms with Crippen LogP contribution in [0.25, 0.3) is 10.6 Å². The van der Waals surface area contributed by atoms with Crippen LogP contribution >= 0.6 is 11.3 Å². The van der Waals surface area contributed by atoms with Crippen LogP contribution in [0.5, 0.6) is 11.5 Å². The van der Waals surface area contributed by atoms with E-state index < -0.39 is 0 Å². The summed E-state index contributed by atoms with van der Waals surface area (Å²) in [5.74, 6) is 1.38. The average Bonchev–Trinajstić information content (AvgIpc) is 2.94. The van der Waals surface area contributed by atoms with Crippen LogP contribution in [0.4, 0.5) is 0 Å². The maximum Gasteiger partial charge on any atom is 0.161 e. The van der Waals surface area contributed by atoms with Gasteiger partial charge < -0.3 is 15.2 Å². The highest BCUT2D eigenvalue weighted by molar-refractivity contribution is 7.13. The summed E-state index contributed by atoms with van der Waals surface area (Å²) in [6.07, 6.45) is 0.930. The fraction of sp³-hybridized carbons (Fsp3) is 0.286. The molecule has 1 aromatic carbocycles. The van der Waals surface area contributed by atoms with Gasteiger partial charge in [-0.25, -0.2) is 4.98 Å². The standard InChI is InChI=1S/C14H17N3O2S/c1-3-6-19-12-7-9(4-5-11(12)18-2)14-17-10(8-20-14)13(15)16/h4-5,7-8H,3,6H2,1-2H3,(H3,15,16). The molecule has 0 radical (unpaired) electrons. The van der Waals surface area contributed by atoms with Gasteiger partial charge in [0, 0.05) is 10.9 Å². The van der Waals surface area contributed by atoms with Gasteiger partial charge in [0.05, 0.1) is 13.7 Å². The number of nitrogens with zero attached hydrogens (tertiary/aromatic N) is 1. The Labute approximate surface area is 121 Å². The van der Waals surface area contributed by atoms with Crippen LogP contribution in [0, 0.1) is 5.41 Å². The van der Waals surface area contributed by atoms with Crippen molar-refractivity contribution in [1.29, 1.82) is 5.41 Å². The van der Waals surface area contributed by atoms with Crippen LogP contribution in [0.15, 0.2) is 23.6 Å². The molecule has 0 aliphatic heterocycles. The average molecular weight is 291 g/mol. The third-order valence-corrected chi connectivity index (χ3v) is 3.54. The molecular formula is C14H17N3O2S. The van der Waals surface area contributed by atoms with Crippen molar-refractivity contribution in [3.05, 3.63) is 29.3 Å². The smallest absolute Gasteiger partial charge is 0.161 e. The van der Waals surface area contributed by atoms with Crippen LogP contribution in [-0.4, -0.2) is 24.5 Å². The minimum atomic E-state index is -0.0246. The molecule has 20 heavy (non-hydrogen) atoms. The number of nitrogens with one attached hydrogen (secondary N) is 1. The highest BCUT2D eigenvalue weighted by Crippen LogP contribution is 2.33. The van der Waals surface area contributed by atoms with E-state index in [9.17, 15) is 0 Å². The van der Waals surface area contributed by atoms with Crippen molar-refractivity contribution >= 4 is 17.2 Å². The summed E-state index contributed by atoms with van der Waals surface area (Å²) >= 11 is 1.45. The number of hydrogen-bond donors (Lipinski definition) is 2. The molecule has 0 spiro atoms. The summed E-state index contributed by atoms with van der Waals surface area (Å²) in [5, 5.41) is 9.96. The van der Waals surface area contributed by atoms with Crippen LogP contribution in [-0.2, 0) is 0 Å². The Morgan fingerprint density at radius 2 is 2.20 bits per heavy atom. The first-order chi connectivity index (χ1) is 9.65. The van der Waals surface area contributed by atoms with Crippen molar-refractivity contribution in [3.8, 4) is 22.1 Å². The van der Waals surface area contributed by atoms with Crippen molar-refractivity contribution in [3.63, 3.8) is 0 Å². The minimum Gasteiger partial charge on any atom is -0.493 e. The summed E-state index contributed by atoms with van der Waals surface area (Å²) in [7, 11) is 1.62. The van der Waals surface area contributed by atoms with Crippen molar-refractivity contribution in [1.82, 2.24) is 4.98 Å². The second kappa shape index (κ2) is 6.38. The van der Waals surface area contributed by atoms with E-state index in [0.29, 0.717) is 23.8 Å². The van der Waals surface area contributed by atoms with Gasteiger partial charge in [-0.05, 0) is 24.6 Å². The van der Waals surface area contributed by atoms with Crippen molar-refractivity contribution in [2.75, 3.05) is 13.7 Å². The van der Waals surface area contributed by atoms with E-state index in [1.165, 1.54) is 11.3 Å². The van der Waals surface area contributed by atoms with Gasteiger partial charge in [0.25, 0.3) is 0 Å². The normalized spacial score (nSPS) is 10.3. The maximum atomic E-state index is 7.39. The molecule has 0 amide bonds. The summed E-state index contributed by atoms with van der Waals surface area (Å²) in [5.41, 5.74) is 6.85. The summed E-state index contributed by atoms with van der Waals surface area (Å²) in [6, 6.07) is 5.67. The Morgan fingerprint density at radius 3 is 2.80 bits per heavy atom.